The molecule has 0 aliphatic heterocycles. The Hall–Kier alpha value is -3.23. The second-order valence-electron chi connectivity index (χ2n) is 4.18. The first kappa shape index (κ1) is 12.8. The summed E-state index contributed by atoms with van der Waals surface area (Å²) in [4.78, 5) is 24.7. The largest absolute Gasteiger partial charge is 0.497 e. The number of hydrogen-bond acceptors (Lipinski definition) is 7. The van der Waals surface area contributed by atoms with E-state index in [9.17, 15) is 10.1 Å². The first-order valence-corrected chi connectivity index (χ1v) is 5.90. The van der Waals surface area contributed by atoms with E-state index in [0.717, 1.165) is 0 Å². The van der Waals surface area contributed by atoms with E-state index >= 15 is 0 Å². The monoisotopic (exact) mass is 286 g/mol. The number of fused-ring (bicyclic) bond motifs is 1. The molecular weight excluding hydrogens is 276 g/mol. The molecule has 0 bridgehead atoms. The Balaban J connectivity index is 2.30. The molecule has 3 aromatic rings. The number of nitrogens with one attached hydrogen (secondary N) is 1. The summed E-state index contributed by atoms with van der Waals surface area (Å²) in [5, 5.41) is 10.9. The quantitative estimate of drug-likeness (QED) is 0.550. The Bertz CT molecular complexity index is 844. The minimum Gasteiger partial charge on any atom is -0.497 e. The van der Waals surface area contributed by atoms with E-state index in [2.05, 4.69) is 19.9 Å². The second-order valence-corrected chi connectivity index (χ2v) is 4.18. The Morgan fingerprint density at radius 1 is 1.33 bits per heavy atom. The molecule has 3 rings (SSSR count). The standard InChI is InChI=1S/C12H10N6O3/c1-21-7-4-2-3-6(5-7)8-9-10(16-11(13)14-9)17-12(15-8)18(19)20/h2-5H,1H3,(H3,13,14,15,16,17). The third kappa shape index (κ3) is 2.20. The van der Waals surface area contributed by atoms with Crippen molar-refractivity contribution in [2.24, 2.45) is 0 Å². The summed E-state index contributed by atoms with van der Waals surface area (Å²) in [6.45, 7) is 0. The molecule has 0 atom stereocenters. The number of imidazole rings is 1. The maximum Gasteiger partial charge on any atom is 0.471 e. The SMILES string of the molecule is COc1cccc(-c2nc([N+](=O)[O-])nc3nc(N)[nH]c23)c1. The summed E-state index contributed by atoms with van der Waals surface area (Å²) in [6.07, 6.45) is 0. The molecule has 0 fully saturated rings. The zero-order valence-electron chi connectivity index (χ0n) is 10.9. The van der Waals surface area contributed by atoms with Crippen LogP contribution in [0.4, 0.5) is 11.9 Å². The summed E-state index contributed by atoms with van der Waals surface area (Å²) >= 11 is 0. The van der Waals surface area contributed by atoms with Crippen LogP contribution in [-0.2, 0) is 0 Å². The van der Waals surface area contributed by atoms with E-state index in [1.54, 1.807) is 24.3 Å². The number of methoxy groups -OCH3 is 1. The number of anilines is 1. The van der Waals surface area contributed by atoms with Crippen molar-refractivity contribution in [1.82, 2.24) is 19.9 Å². The van der Waals surface area contributed by atoms with Crippen molar-refractivity contribution in [1.29, 1.82) is 0 Å². The average molecular weight is 286 g/mol. The van der Waals surface area contributed by atoms with Gasteiger partial charge in [0.2, 0.25) is 5.95 Å². The van der Waals surface area contributed by atoms with Crippen molar-refractivity contribution in [2.45, 2.75) is 0 Å². The summed E-state index contributed by atoms with van der Waals surface area (Å²) < 4.78 is 5.14. The molecule has 9 nitrogen and oxygen atoms in total. The zero-order chi connectivity index (χ0) is 15.0. The van der Waals surface area contributed by atoms with Gasteiger partial charge in [0.25, 0.3) is 5.65 Å². The second kappa shape index (κ2) is 4.71. The van der Waals surface area contributed by atoms with Gasteiger partial charge in [0.15, 0.2) is 5.69 Å². The molecule has 21 heavy (non-hydrogen) atoms. The van der Waals surface area contributed by atoms with E-state index in [1.807, 2.05) is 0 Å². The molecule has 106 valence electrons. The van der Waals surface area contributed by atoms with Crippen molar-refractivity contribution in [2.75, 3.05) is 12.8 Å². The number of nitro groups is 1. The summed E-state index contributed by atoms with van der Waals surface area (Å²) in [5.41, 5.74) is 7.15. The van der Waals surface area contributed by atoms with Gasteiger partial charge in [0.05, 0.1) is 7.11 Å². The molecule has 1 aromatic carbocycles. The van der Waals surface area contributed by atoms with E-state index in [4.69, 9.17) is 10.5 Å². The van der Waals surface area contributed by atoms with E-state index in [-0.39, 0.29) is 11.6 Å². The zero-order valence-corrected chi connectivity index (χ0v) is 10.9. The van der Waals surface area contributed by atoms with Gasteiger partial charge >= 0.3 is 5.95 Å². The topological polar surface area (TPSA) is 133 Å². The lowest BCUT2D eigenvalue weighted by Gasteiger charge is -2.02. The van der Waals surface area contributed by atoms with Gasteiger partial charge in [-0.15, -0.1) is 0 Å². The lowest BCUT2D eigenvalue weighted by atomic mass is 10.1. The van der Waals surface area contributed by atoms with Crippen LogP contribution >= 0.6 is 0 Å². The van der Waals surface area contributed by atoms with E-state index in [1.165, 1.54) is 7.11 Å². The van der Waals surface area contributed by atoms with Gasteiger partial charge in [-0.05, 0) is 22.0 Å². The maximum absolute atomic E-state index is 10.9. The molecule has 0 saturated carbocycles. The van der Waals surface area contributed by atoms with Gasteiger partial charge in [-0.25, -0.2) is 0 Å². The van der Waals surface area contributed by atoms with Crippen molar-refractivity contribution in [3.63, 3.8) is 0 Å². The van der Waals surface area contributed by atoms with Crippen LogP contribution in [0.5, 0.6) is 5.75 Å². The van der Waals surface area contributed by atoms with Crippen molar-refractivity contribution < 1.29 is 9.66 Å². The minimum absolute atomic E-state index is 0.115. The normalized spacial score (nSPS) is 10.7. The molecule has 2 aromatic heterocycles. The molecule has 0 amide bonds. The molecule has 0 spiro atoms. The Morgan fingerprint density at radius 3 is 2.86 bits per heavy atom. The van der Waals surface area contributed by atoms with Gasteiger partial charge in [-0.1, -0.05) is 17.1 Å². The van der Waals surface area contributed by atoms with E-state index < -0.39 is 10.9 Å². The highest BCUT2D eigenvalue weighted by molar-refractivity contribution is 5.89. The lowest BCUT2D eigenvalue weighted by molar-refractivity contribution is -0.394. The summed E-state index contributed by atoms with van der Waals surface area (Å²) in [6, 6.07) is 6.98. The fraction of sp³-hybridized carbons (Fsp3) is 0.0833. The molecular formula is C12H10N6O3. The Kier molecular flexibility index (Phi) is 2.87. The number of aromatic amines is 1. The van der Waals surface area contributed by atoms with E-state index in [0.29, 0.717) is 22.5 Å². The fourth-order valence-corrected chi connectivity index (χ4v) is 1.96. The van der Waals surface area contributed by atoms with Gasteiger partial charge in [0.1, 0.15) is 11.3 Å². The van der Waals surface area contributed by atoms with Crippen molar-refractivity contribution in [3.8, 4) is 17.0 Å². The van der Waals surface area contributed by atoms with Gasteiger partial charge in [-0.3, -0.25) is 0 Å². The molecule has 2 heterocycles. The summed E-state index contributed by atoms with van der Waals surface area (Å²) in [5.74, 6) is 0.185. The van der Waals surface area contributed by atoms with Crippen LogP contribution in [0, 0.1) is 10.1 Å². The number of hydrogen-bond donors (Lipinski definition) is 2. The van der Waals surface area contributed by atoms with Crippen LogP contribution in [0.3, 0.4) is 0 Å². The summed E-state index contributed by atoms with van der Waals surface area (Å²) in [7, 11) is 1.53. The van der Waals surface area contributed by atoms with Crippen LogP contribution in [0.25, 0.3) is 22.4 Å². The highest BCUT2D eigenvalue weighted by Gasteiger charge is 2.22. The van der Waals surface area contributed by atoms with Gasteiger partial charge in [0, 0.05) is 5.56 Å². The number of rotatable bonds is 3. The first-order valence-electron chi connectivity index (χ1n) is 5.90. The van der Waals surface area contributed by atoms with Crippen molar-refractivity contribution in [3.05, 3.63) is 34.4 Å². The average Bonchev–Trinajstić information content (AvgIpc) is 2.86. The van der Waals surface area contributed by atoms with Crippen LogP contribution in [0.2, 0.25) is 0 Å². The van der Waals surface area contributed by atoms with Gasteiger partial charge in [-0.2, -0.15) is 4.98 Å². The van der Waals surface area contributed by atoms with Crippen LogP contribution < -0.4 is 10.5 Å². The maximum atomic E-state index is 10.9. The van der Waals surface area contributed by atoms with Crippen LogP contribution in [0.1, 0.15) is 0 Å². The number of nitrogen functional groups attached to an aromatic ring is 1. The third-order valence-corrected chi connectivity index (χ3v) is 2.86. The number of H-pyrrole nitrogens is 1. The predicted octanol–water partition coefficient (Wildman–Crippen LogP) is 1.52. The lowest BCUT2D eigenvalue weighted by Crippen LogP contribution is -1.99. The highest BCUT2D eigenvalue weighted by atomic mass is 16.6. The molecule has 0 radical (unpaired) electrons. The number of nitrogens with two attached hydrogens (primary N) is 1. The Morgan fingerprint density at radius 2 is 2.14 bits per heavy atom. The number of aromatic nitrogens is 4. The molecule has 3 N–H and O–H groups in total. The minimum atomic E-state index is -0.673. The molecule has 0 aliphatic carbocycles. The first-order chi connectivity index (χ1) is 10.1. The van der Waals surface area contributed by atoms with Gasteiger partial charge < -0.3 is 25.6 Å². The van der Waals surface area contributed by atoms with Crippen LogP contribution in [-0.4, -0.2) is 32.0 Å². The fourth-order valence-electron chi connectivity index (χ4n) is 1.96. The highest BCUT2D eigenvalue weighted by Crippen LogP contribution is 2.29. The molecule has 0 aliphatic rings. The van der Waals surface area contributed by atoms with Crippen LogP contribution in [0.15, 0.2) is 24.3 Å². The number of nitrogens with zero attached hydrogens (tertiary/aromatic N) is 4. The predicted molar refractivity (Wildman–Crippen MR) is 74.7 cm³/mol. The molecule has 0 unspecified atom stereocenters. The molecule has 0 saturated heterocycles. The number of ether oxygens (including phenoxy) is 1. The third-order valence-electron chi connectivity index (χ3n) is 2.86. The molecule has 9 heteroatoms. The smallest absolute Gasteiger partial charge is 0.471 e. The Labute approximate surface area is 118 Å². The van der Waals surface area contributed by atoms with Crippen molar-refractivity contribution >= 4 is 23.1 Å². The number of benzene rings is 1.